The average molecular weight is 582 g/mol. The van der Waals surface area contributed by atoms with Crippen LogP contribution in [-0.2, 0) is 25.5 Å². The molecule has 2 aliphatic heterocycles. The number of rotatable bonds is 9. The molecule has 1 aliphatic carbocycles. The number of carbonyl (C=O) groups is 3. The maximum atomic E-state index is 14.2. The summed E-state index contributed by atoms with van der Waals surface area (Å²) < 4.78 is 5.42. The molecule has 1 saturated carbocycles. The van der Waals surface area contributed by atoms with Gasteiger partial charge in [-0.3, -0.25) is 29.3 Å². The fourth-order valence-corrected chi connectivity index (χ4v) is 6.84. The fraction of sp³-hybridized carbons (Fsp3) is 0.469. The number of hydrogen-bond donors (Lipinski definition) is 2. The molecule has 3 aliphatic rings. The van der Waals surface area contributed by atoms with Crippen LogP contribution >= 0.6 is 0 Å². The number of nitriles is 1. The molecule has 3 aromatic rings. The summed E-state index contributed by atoms with van der Waals surface area (Å²) in [4.78, 5) is 55.9. The molecular weight excluding hydrogens is 546 g/mol. The van der Waals surface area contributed by atoms with Crippen molar-refractivity contribution in [3.05, 3.63) is 66.4 Å². The minimum atomic E-state index is -1.01. The Hall–Kier alpha value is -4.43. The van der Waals surface area contributed by atoms with Gasteiger partial charge in [0.25, 0.3) is 0 Å². The van der Waals surface area contributed by atoms with Gasteiger partial charge in [-0.1, -0.05) is 19.9 Å². The molecule has 0 bridgehead atoms. The van der Waals surface area contributed by atoms with Crippen LogP contribution in [0.4, 0.5) is 0 Å². The largest absolute Gasteiger partial charge is 0.381 e. The van der Waals surface area contributed by atoms with Gasteiger partial charge in [0.15, 0.2) is 0 Å². The third-order valence-corrected chi connectivity index (χ3v) is 9.30. The van der Waals surface area contributed by atoms with Crippen molar-refractivity contribution in [2.24, 2.45) is 23.2 Å². The van der Waals surface area contributed by atoms with E-state index >= 15 is 0 Å². The summed E-state index contributed by atoms with van der Waals surface area (Å²) in [6.07, 6.45) is 7.76. The third-order valence-electron chi connectivity index (χ3n) is 9.30. The van der Waals surface area contributed by atoms with E-state index in [1.54, 1.807) is 41.8 Å². The van der Waals surface area contributed by atoms with Gasteiger partial charge in [0.1, 0.15) is 18.1 Å². The molecule has 11 nitrogen and oxygen atoms in total. The molecule has 11 heteroatoms. The number of fused-ring (bicyclic) bond motifs is 2. The summed E-state index contributed by atoms with van der Waals surface area (Å²) in [7, 11) is 0. The Morgan fingerprint density at radius 2 is 1.98 bits per heavy atom. The number of hydrogen-bond acceptors (Lipinski definition) is 8. The van der Waals surface area contributed by atoms with Crippen LogP contribution in [0.1, 0.15) is 44.0 Å². The van der Waals surface area contributed by atoms with Crippen LogP contribution in [-0.4, -0.2) is 69.4 Å². The van der Waals surface area contributed by atoms with Crippen molar-refractivity contribution in [2.75, 3.05) is 19.8 Å². The molecule has 43 heavy (non-hydrogen) atoms. The highest BCUT2D eigenvalue weighted by Crippen LogP contribution is 2.65. The van der Waals surface area contributed by atoms with Gasteiger partial charge in [-0.25, -0.2) is 0 Å². The zero-order valence-electron chi connectivity index (χ0n) is 24.3. The predicted molar refractivity (Wildman–Crippen MR) is 156 cm³/mol. The van der Waals surface area contributed by atoms with E-state index in [2.05, 4.69) is 45.5 Å². The van der Waals surface area contributed by atoms with Gasteiger partial charge in [-0.2, -0.15) is 5.26 Å². The zero-order valence-corrected chi connectivity index (χ0v) is 24.3. The molecule has 222 valence electrons. The standard InChI is InChI=1S/C32H35N7O4/c1-32(2)23-17-39(31(42)24(13-21-7-3-4-9-35-21)37-26(40)12-19-8-11-43-18-19)29(27(23)32)30(41)38-25(14-33)22-16-34-15-20-6-5-10-36-28(20)22/h3-7,9-10,15-16,19,23-25,27,29H,8,11-13,17-18H2,1-2H3,(H,37,40)(H,38,41)/t19?,23-,24?,25?,27-,29-/m0/s1. The lowest BCUT2D eigenvalue weighted by Crippen LogP contribution is -2.56. The van der Waals surface area contributed by atoms with E-state index in [0.29, 0.717) is 36.5 Å². The van der Waals surface area contributed by atoms with Gasteiger partial charge < -0.3 is 20.3 Å². The molecule has 0 spiro atoms. The van der Waals surface area contributed by atoms with Crippen LogP contribution in [0.5, 0.6) is 0 Å². The first-order valence-corrected chi connectivity index (χ1v) is 14.7. The van der Waals surface area contributed by atoms with Crippen molar-refractivity contribution >= 4 is 28.6 Å². The van der Waals surface area contributed by atoms with Crippen LogP contribution in [0.2, 0.25) is 0 Å². The maximum Gasteiger partial charge on any atom is 0.246 e. The molecule has 3 unspecified atom stereocenters. The van der Waals surface area contributed by atoms with E-state index in [1.807, 2.05) is 18.2 Å². The van der Waals surface area contributed by atoms with Crippen molar-refractivity contribution < 1.29 is 19.1 Å². The molecular formula is C32H35N7O4. The highest BCUT2D eigenvalue weighted by atomic mass is 16.5. The van der Waals surface area contributed by atoms with E-state index < -0.39 is 24.0 Å². The Bertz CT molecular complexity index is 1560. The molecule has 5 heterocycles. The first-order chi connectivity index (χ1) is 20.8. The van der Waals surface area contributed by atoms with Crippen molar-refractivity contribution in [3.8, 4) is 6.07 Å². The highest BCUT2D eigenvalue weighted by Gasteiger charge is 2.69. The number of ether oxygens (including phenoxy) is 1. The number of nitrogens with zero attached hydrogens (tertiary/aromatic N) is 5. The molecule has 2 saturated heterocycles. The summed E-state index contributed by atoms with van der Waals surface area (Å²) in [6, 6.07) is 8.58. The smallest absolute Gasteiger partial charge is 0.246 e. The fourth-order valence-electron chi connectivity index (χ4n) is 6.84. The molecule has 0 aromatic carbocycles. The SMILES string of the molecule is CC1(C)[C@@H]2[C@@H](C(=O)NC(C#N)c3cncc4cccnc34)N(C(=O)C(Cc3ccccn3)NC(=O)CC3CCOC3)C[C@@H]21. The number of piperidine rings is 1. The Morgan fingerprint density at radius 1 is 1.14 bits per heavy atom. The summed E-state index contributed by atoms with van der Waals surface area (Å²) in [5, 5.41) is 16.7. The normalized spacial score (nSPS) is 24.9. The van der Waals surface area contributed by atoms with Gasteiger partial charge in [0.2, 0.25) is 17.7 Å². The lowest BCUT2D eigenvalue weighted by atomic mass is 9.98. The van der Waals surface area contributed by atoms with Crippen LogP contribution in [0.15, 0.2) is 55.1 Å². The van der Waals surface area contributed by atoms with Crippen LogP contribution < -0.4 is 10.6 Å². The number of nitrogens with one attached hydrogen (secondary N) is 2. The third kappa shape index (κ3) is 5.67. The van der Waals surface area contributed by atoms with Gasteiger partial charge in [0, 0.05) is 74.0 Å². The average Bonchev–Trinajstić information content (AvgIpc) is 3.42. The Kier molecular flexibility index (Phi) is 7.79. The van der Waals surface area contributed by atoms with E-state index in [-0.39, 0.29) is 47.8 Å². The second-order valence-corrected chi connectivity index (χ2v) is 12.3. The van der Waals surface area contributed by atoms with E-state index in [0.717, 1.165) is 11.8 Å². The molecule has 0 radical (unpaired) electrons. The predicted octanol–water partition coefficient (Wildman–Crippen LogP) is 2.34. The number of amides is 3. The highest BCUT2D eigenvalue weighted by molar-refractivity contribution is 5.94. The topological polar surface area (TPSA) is 150 Å². The minimum Gasteiger partial charge on any atom is -0.381 e. The second kappa shape index (κ2) is 11.7. The lowest BCUT2D eigenvalue weighted by molar-refractivity contribution is -0.143. The van der Waals surface area contributed by atoms with Crippen LogP contribution in [0.25, 0.3) is 10.9 Å². The van der Waals surface area contributed by atoms with Crippen LogP contribution in [0.3, 0.4) is 0 Å². The van der Waals surface area contributed by atoms with E-state index in [4.69, 9.17) is 4.74 Å². The van der Waals surface area contributed by atoms with Gasteiger partial charge in [-0.05, 0) is 53.9 Å². The zero-order chi connectivity index (χ0) is 30.1. The number of likely N-dealkylation sites (tertiary alicyclic amines) is 1. The number of pyridine rings is 3. The molecule has 3 amide bonds. The van der Waals surface area contributed by atoms with Gasteiger partial charge in [-0.15, -0.1) is 0 Å². The van der Waals surface area contributed by atoms with Gasteiger partial charge >= 0.3 is 0 Å². The molecule has 2 N–H and O–H groups in total. The molecule has 3 aromatic heterocycles. The quantitative estimate of drug-likeness (QED) is 0.391. The summed E-state index contributed by atoms with van der Waals surface area (Å²) in [6.45, 7) is 5.75. The first kappa shape index (κ1) is 28.7. The van der Waals surface area contributed by atoms with Crippen LogP contribution in [0, 0.1) is 34.5 Å². The summed E-state index contributed by atoms with van der Waals surface area (Å²) >= 11 is 0. The summed E-state index contributed by atoms with van der Waals surface area (Å²) in [5.41, 5.74) is 1.61. The second-order valence-electron chi connectivity index (χ2n) is 12.3. The lowest BCUT2D eigenvalue weighted by Gasteiger charge is -2.33. The van der Waals surface area contributed by atoms with E-state index in [1.165, 1.54) is 0 Å². The minimum absolute atomic E-state index is 0.0681. The first-order valence-electron chi connectivity index (χ1n) is 14.7. The summed E-state index contributed by atoms with van der Waals surface area (Å²) in [5.74, 6) is -0.776. The molecule has 6 atom stereocenters. The Balaban J connectivity index is 1.25. The Morgan fingerprint density at radius 3 is 2.72 bits per heavy atom. The van der Waals surface area contributed by atoms with E-state index in [9.17, 15) is 19.6 Å². The van der Waals surface area contributed by atoms with Crippen molar-refractivity contribution in [1.82, 2.24) is 30.5 Å². The molecule has 3 fully saturated rings. The van der Waals surface area contributed by atoms with Crippen molar-refractivity contribution in [3.63, 3.8) is 0 Å². The molecule has 6 rings (SSSR count). The number of aromatic nitrogens is 3. The maximum absolute atomic E-state index is 14.2. The monoisotopic (exact) mass is 581 g/mol. The Labute approximate surface area is 250 Å². The van der Waals surface area contributed by atoms with Gasteiger partial charge in [0.05, 0.1) is 11.6 Å². The number of carbonyl (C=O) groups excluding carboxylic acids is 3. The van der Waals surface area contributed by atoms with Crippen molar-refractivity contribution in [1.29, 1.82) is 5.26 Å². The van der Waals surface area contributed by atoms with Crippen molar-refractivity contribution in [2.45, 2.75) is 51.2 Å².